The Hall–Kier alpha value is -2.23. The summed E-state index contributed by atoms with van der Waals surface area (Å²) >= 11 is 0. The van der Waals surface area contributed by atoms with Crippen LogP contribution in [-0.4, -0.2) is 12.5 Å². The number of ether oxygens (including phenoxy) is 1. The predicted octanol–water partition coefficient (Wildman–Crippen LogP) is 4.37. The van der Waals surface area contributed by atoms with Crippen molar-refractivity contribution in [3.8, 4) is 5.75 Å². The van der Waals surface area contributed by atoms with Crippen molar-refractivity contribution < 1.29 is 13.9 Å². The van der Waals surface area contributed by atoms with E-state index >= 15 is 0 Å². The molecule has 2 atom stereocenters. The maximum Gasteiger partial charge on any atom is 0.224 e. The third-order valence-electron chi connectivity index (χ3n) is 4.25. The molecule has 3 rings (SSSR count). The second-order valence-corrected chi connectivity index (χ2v) is 5.97. The first-order valence-corrected chi connectivity index (χ1v) is 8.29. The number of furan rings is 1. The molecule has 122 valence electrons. The Balaban J connectivity index is 1.75. The largest absolute Gasteiger partial charge is 0.490 e. The monoisotopic (exact) mass is 313 g/mol. The molecule has 1 N–H and O–H groups in total. The molecule has 1 aromatic heterocycles. The Morgan fingerprint density at radius 2 is 2.30 bits per heavy atom. The molecule has 0 saturated carbocycles. The number of amides is 1. The standard InChI is InChI=1S/C19H23NO3/c1-3-22-16-11-7-10-15-12-17(23-18(15)16)13(2)20-19(21)14-8-5-4-6-9-14/h4-5,7,10-14H,3,6,8-9H2,1-2H3,(H,20,21). The van der Waals surface area contributed by atoms with Crippen LogP contribution >= 0.6 is 0 Å². The average Bonchev–Trinajstić information content (AvgIpc) is 3.01. The van der Waals surface area contributed by atoms with E-state index in [1.165, 1.54) is 0 Å². The Bertz CT molecular complexity index is 716. The number of nitrogens with one attached hydrogen (secondary N) is 1. The van der Waals surface area contributed by atoms with E-state index in [0.717, 1.165) is 41.7 Å². The quantitative estimate of drug-likeness (QED) is 0.834. The van der Waals surface area contributed by atoms with Crippen LogP contribution in [0.25, 0.3) is 11.0 Å². The minimum Gasteiger partial charge on any atom is -0.490 e. The maximum atomic E-state index is 12.4. The molecule has 0 bridgehead atoms. The summed E-state index contributed by atoms with van der Waals surface area (Å²) in [5.41, 5.74) is 0.742. The van der Waals surface area contributed by atoms with Crippen molar-refractivity contribution >= 4 is 16.9 Å². The number of carbonyl (C=O) groups is 1. The number of allylic oxidation sites excluding steroid dienone is 2. The lowest BCUT2D eigenvalue weighted by molar-refractivity contribution is -0.126. The molecule has 1 amide bonds. The third kappa shape index (κ3) is 3.41. The number of hydrogen-bond donors (Lipinski definition) is 1. The highest BCUT2D eigenvalue weighted by Crippen LogP contribution is 2.31. The van der Waals surface area contributed by atoms with Crippen molar-refractivity contribution in [3.63, 3.8) is 0 Å². The van der Waals surface area contributed by atoms with Crippen LogP contribution in [0.2, 0.25) is 0 Å². The first kappa shape index (κ1) is 15.7. The Morgan fingerprint density at radius 3 is 3.04 bits per heavy atom. The maximum absolute atomic E-state index is 12.4. The molecule has 1 aliphatic rings. The van der Waals surface area contributed by atoms with Gasteiger partial charge < -0.3 is 14.5 Å². The molecule has 4 nitrogen and oxygen atoms in total. The summed E-state index contributed by atoms with van der Waals surface area (Å²) in [6.45, 7) is 4.50. The van der Waals surface area contributed by atoms with Crippen molar-refractivity contribution in [1.29, 1.82) is 0 Å². The van der Waals surface area contributed by atoms with E-state index in [9.17, 15) is 4.79 Å². The SMILES string of the molecule is CCOc1cccc2cc(C(C)NC(=O)C3CC=CCC3)oc12. The zero-order valence-electron chi connectivity index (χ0n) is 13.7. The molecule has 2 unspecified atom stereocenters. The Labute approximate surface area is 136 Å². The van der Waals surface area contributed by atoms with E-state index in [4.69, 9.17) is 9.15 Å². The first-order chi connectivity index (χ1) is 11.2. The molecule has 0 fully saturated rings. The molecule has 23 heavy (non-hydrogen) atoms. The van der Waals surface area contributed by atoms with Gasteiger partial charge in [0.1, 0.15) is 5.76 Å². The van der Waals surface area contributed by atoms with Gasteiger partial charge in [-0.3, -0.25) is 4.79 Å². The van der Waals surface area contributed by atoms with Crippen LogP contribution in [0.15, 0.2) is 40.8 Å². The fraction of sp³-hybridized carbons (Fsp3) is 0.421. The normalized spacial score (nSPS) is 18.8. The number of benzene rings is 1. The zero-order valence-corrected chi connectivity index (χ0v) is 13.7. The predicted molar refractivity (Wildman–Crippen MR) is 90.4 cm³/mol. The first-order valence-electron chi connectivity index (χ1n) is 8.29. The molecule has 0 spiro atoms. The Morgan fingerprint density at radius 1 is 1.43 bits per heavy atom. The van der Waals surface area contributed by atoms with E-state index < -0.39 is 0 Å². The van der Waals surface area contributed by atoms with Gasteiger partial charge in [0, 0.05) is 11.3 Å². The molecule has 4 heteroatoms. The summed E-state index contributed by atoms with van der Waals surface area (Å²) in [5.74, 6) is 1.68. The van der Waals surface area contributed by atoms with Crippen LogP contribution in [0.1, 0.15) is 44.9 Å². The minimum absolute atomic E-state index is 0.0748. The summed E-state index contributed by atoms with van der Waals surface area (Å²) in [5, 5.41) is 4.06. The smallest absolute Gasteiger partial charge is 0.224 e. The van der Waals surface area contributed by atoms with E-state index in [1.807, 2.05) is 38.1 Å². The van der Waals surface area contributed by atoms with Gasteiger partial charge in [0.15, 0.2) is 11.3 Å². The van der Waals surface area contributed by atoms with Crippen molar-refractivity contribution in [1.82, 2.24) is 5.32 Å². The van der Waals surface area contributed by atoms with Gasteiger partial charge in [-0.25, -0.2) is 0 Å². The molecular weight excluding hydrogens is 290 g/mol. The van der Waals surface area contributed by atoms with Crippen molar-refractivity contribution in [3.05, 3.63) is 42.2 Å². The summed E-state index contributed by atoms with van der Waals surface area (Å²) in [6.07, 6.45) is 6.96. The van der Waals surface area contributed by atoms with Crippen LogP contribution in [0.3, 0.4) is 0 Å². The fourth-order valence-corrected chi connectivity index (χ4v) is 2.97. The van der Waals surface area contributed by atoms with E-state index in [-0.39, 0.29) is 17.9 Å². The highest BCUT2D eigenvalue weighted by atomic mass is 16.5. The summed E-state index contributed by atoms with van der Waals surface area (Å²) in [7, 11) is 0. The second kappa shape index (κ2) is 6.90. The third-order valence-corrected chi connectivity index (χ3v) is 4.25. The summed E-state index contributed by atoms with van der Waals surface area (Å²) < 4.78 is 11.5. The number of para-hydroxylation sites is 1. The van der Waals surface area contributed by atoms with E-state index in [0.29, 0.717) is 6.61 Å². The highest BCUT2D eigenvalue weighted by molar-refractivity contribution is 5.84. The molecule has 1 aromatic carbocycles. The van der Waals surface area contributed by atoms with Gasteiger partial charge in [-0.2, -0.15) is 0 Å². The fourth-order valence-electron chi connectivity index (χ4n) is 2.97. The van der Waals surface area contributed by atoms with Crippen LogP contribution < -0.4 is 10.1 Å². The van der Waals surface area contributed by atoms with Gasteiger partial charge in [-0.15, -0.1) is 0 Å². The average molecular weight is 313 g/mol. The lowest BCUT2D eigenvalue weighted by Gasteiger charge is -2.19. The molecule has 2 aromatic rings. The lowest BCUT2D eigenvalue weighted by Crippen LogP contribution is -2.33. The van der Waals surface area contributed by atoms with Gasteiger partial charge in [0.05, 0.1) is 12.6 Å². The number of fused-ring (bicyclic) bond motifs is 1. The van der Waals surface area contributed by atoms with Crippen LogP contribution in [-0.2, 0) is 4.79 Å². The van der Waals surface area contributed by atoms with Crippen molar-refractivity contribution in [2.45, 2.75) is 39.2 Å². The number of carbonyl (C=O) groups excluding carboxylic acids is 1. The second-order valence-electron chi connectivity index (χ2n) is 5.97. The Kier molecular flexibility index (Phi) is 4.70. The van der Waals surface area contributed by atoms with Crippen LogP contribution in [0, 0.1) is 5.92 Å². The van der Waals surface area contributed by atoms with Gasteiger partial charge >= 0.3 is 0 Å². The molecular formula is C19H23NO3. The van der Waals surface area contributed by atoms with Crippen molar-refractivity contribution in [2.24, 2.45) is 5.92 Å². The lowest BCUT2D eigenvalue weighted by atomic mass is 9.93. The van der Waals surface area contributed by atoms with E-state index in [2.05, 4.69) is 17.5 Å². The van der Waals surface area contributed by atoms with E-state index in [1.54, 1.807) is 0 Å². The van der Waals surface area contributed by atoms with Crippen LogP contribution in [0.4, 0.5) is 0 Å². The highest BCUT2D eigenvalue weighted by Gasteiger charge is 2.22. The van der Waals surface area contributed by atoms with Gasteiger partial charge in [0.2, 0.25) is 5.91 Å². The van der Waals surface area contributed by atoms with Gasteiger partial charge in [0.25, 0.3) is 0 Å². The zero-order chi connectivity index (χ0) is 16.2. The molecule has 0 aliphatic heterocycles. The van der Waals surface area contributed by atoms with Crippen LogP contribution in [0.5, 0.6) is 5.75 Å². The molecule has 1 heterocycles. The number of rotatable bonds is 5. The topological polar surface area (TPSA) is 51.5 Å². The molecule has 1 aliphatic carbocycles. The molecule has 0 saturated heterocycles. The summed E-state index contributed by atoms with van der Waals surface area (Å²) in [6, 6.07) is 7.66. The van der Waals surface area contributed by atoms with Gasteiger partial charge in [-0.05, 0) is 45.2 Å². The number of hydrogen-bond acceptors (Lipinski definition) is 3. The minimum atomic E-state index is -0.157. The molecule has 0 radical (unpaired) electrons. The van der Waals surface area contributed by atoms with Crippen molar-refractivity contribution in [2.75, 3.05) is 6.61 Å². The summed E-state index contributed by atoms with van der Waals surface area (Å²) in [4.78, 5) is 12.4. The van der Waals surface area contributed by atoms with Gasteiger partial charge in [-0.1, -0.05) is 24.3 Å².